The van der Waals surface area contributed by atoms with Crippen LogP contribution in [0.1, 0.15) is 34.7 Å². The van der Waals surface area contributed by atoms with Gasteiger partial charge in [0.15, 0.2) is 5.69 Å². The number of ether oxygens (including phenoxy) is 1. The van der Waals surface area contributed by atoms with E-state index in [0.717, 1.165) is 24.2 Å². The number of carbonyl (C=O) groups is 2. The number of nitrogens with zero attached hydrogens (tertiary/aromatic N) is 2. The molecule has 0 aliphatic carbocycles. The molecule has 1 saturated heterocycles. The average Bonchev–Trinajstić information content (AvgIpc) is 3.09. The van der Waals surface area contributed by atoms with E-state index in [4.69, 9.17) is 9.26 Å². The summed E-state index contributed by atoms with van der Waals surface area (Å²) < 4.78 is 10.0. The summed E-state index contributed by atoms with van der Waals surface area (Å²) in [6.07, 6.45) is 1.84. The van der Waals surface area contributed by atoms with Crippen LogP contribution in [0.4, 0.5) is 0 Å². The third-order valence-corrected chi connectivity index (χ3v) is 4.56. The SMILES string of the molecule is COc1ccc(CC(=O)N2CCC(NC(=O)c3cc(C)on3)CC2)cc1. The molecule has 1 aromatic carbocycles. The van der Waals surface area contributed by atoms with Gasteiger partial charge in [0.2, 0.25) is 5.91 Å². The van der Waals surface area contributed by atoms with E-state index in [9.17, 15) is 9.59 Å². The van der Waals surface area contributed by atoms with E-state index >= 15 is 0 Å². The highest BCUT2D eigenvalue weighted by Gasteiger charge is 2.25. The van der Waals surface area contributed by atoms with Crippen LogP contribution in [-0.4, -0.2) is 48.1 Å². The van der Waals surface area contributed by atoms with Crippen molar-refractivity contribution < 1.29 is 18.8 Å². The lowest BCUT2D eigenvalue weighted by Crippen LogP contribution is -2.47. The Morgan fingerprint density at radius 2 is 1.96 bits per heavy atom. The Morgan fingerprint density at radius 1 is 1.27 bits per heavy atom. The molecule has 0 atom stereocenters. The topological polar surface area (TPSA) is 84.7 Å². The fourth-order valence-corrected chi connectivity index (χ4v) is 3.04. The number of aryl methyl sites for hydroxylation is 1. The van der Waals surface area contributed by atoms with Gasteiger partial charge >= 0.3 is 0 Å². The monoisotopic (exact) mass is 357 g/mol. The van der Waals surface area contributed by atoms with E-state index in [-0.39, 0.29) is 17.9 Å². The Bertz CT molecular complexity index is 761. The Morgan fingerprint density at radius 3 is 2.54 bits per heavy atom. The molecule has 1 fully saturated rings. The van der Waals surface area contributed by atoms with Gasteiger partial charge in [0, 0.05) is 25.2 Å². The second-order valence-corrected chi connectivity index (χ2v) is 6.48. The summed E-state index contributed by atoms with van der Waals surface area (Å²) in [6.45, 7) is 3.02. The van der Waals surface area contributed by atoms with E-state index in [0.29, 0.717) is 31.0 Å². The molecule has 1 N–H and O–H groups in total. The number of carbonyl (C=O) groups excluding carboxylic acids is 2. The van der Waals surface area contributed by atoms with Crippen molar-refractivity contribution in [2.24, 2.45) is 0 Å². The summed E-state index contributed by atoms with van der Waals surface area (Å²) in [5, 5.41) is 6.68. The van der Waals surface area contributed by atoms with Gasteiger partial charge in [-0.3, -0.25) is 9.59 Å². The minimum absolute atomic E-state index is 0.0459. The summed E-state index contributed by atoms with van der Waals surface area (Å²) in [4.78, 5) is 26.4. The smallest absolute Gasteiger partial charge is 0.273 e. The number of amides is 2. The average molecular weight is 357 g/mol. The fourth-order valence-electron chi connectivity index (χ4n) is 3.04. The van der Waals surface area contributed by atoms with Crippen LogP contribution in [0.3, 0.4) is 0 Å². The Hall–Kier alpha value is -2.83. The minimum Gasteiger partial charge on any atom is -0.497 e. The molecule has 7 nitrogen and oxygen atoms in total. The molecule has 2 aromatic rings. The van der Waals surface area contributed by atoms with Crippen molar-refractivity contribution in [1.29, 1.82) is 0 Å². The highest BCUT2D eigenvalue weighted by atomic mass is 16.5. The maximum atomic E-state index is 12.5. The van der Waals surface area contributed by atoms with Crippen molar-refractivity contribution in [3.8, 4) is 5.75 Å². The molecule has 2 amide bonds. The summed E-state index contributed by atoms with van der Waals surface area (Å²) in [5.74, 6) is 1.26. The lowest BCUT2D eigenvalue weighted by atomic mass is 10.0. The van der Waals surface area contributed by atoms with Gasteiger partial charge < -0.3 is 19.5 Å². The second-order valence-electron chi connectivity index (χ2n) is 6.48. The molecule has 0 saturated carbocycles. The molecule has 7 heteroatoms. The van der Waals surface area contributed by atoms with Crippen molar-refractivity contribution in [2.75, 3.05) is 20.2 Å². The van der Waals surface area contributed by atoms with Crippen LogP contribution in [0.2, 0.25) is 0 Å². The first-order valence-electron chi connectivity index (χ1n) is 8.70. The molecule has 138 valence electrons. The largest absolute Gasteiger partial charge is 0.497 e. The maximum absolute atomic E-state index is 12.5. The van der Waals surface area contributed by atoms with Crippen LogP contribution in [0.25, 0.3) is 0 Å². The Kier molecular flexibility index (Phi) is 5.55. The number of methoxy groups -OCH3 is 1. The molecule has 1 aromatic heterocycles. The number of aromatic nitrogens is 1. The molecule has 3 rings (SSSR count). The van der Waals surface area contributed by atoms with Gasteiger partial charge in [0.1, 0.15) is 11.5 Å². The van der Waals surface area contributed by atoms with Crippen molar-refractivity contribution in [3.05, 3.63) is 47.3 Å². The van der Waals surface area contributed by atoms with Crippen molar-refractivity contribution in [3.63, 3.8) is 0 Å². The lowest BCUT2D eigenvalue weighted by Gasteiger charge is -2.32. The summed E-state index contributed by atoms with van der Waals surface area (Å²) >= 11 is 0. The van der Waals surface area contributed by atoms with Gasteiger partial charge in [-0.2, -0.15) is 0 Å². The van der Waals surface area contributed by atoms with Gasteiger partial charge in [0.25, 0.3) is 5.91 Å². The van der Waals surface area contributed by atoms with E-state index in [1.54, 1.807) is 20.1 Å². The number of piperidine rings is 1. The lowest BCUT2D eigenvalue weighted by molar-refractivity contribution is -0.131. The van der Waals surface area contributed by atoms with Gasteiger partial charge in [-0.25, -0.2) is 0 Å². The Labute approximate surface area is 152 Å². The van der Waals surface area contributed by atoms with Crippen LogP contribution < -0.4 is 10.1 Å². The molecule has 1 aliphatic rings. The van der Waals surface area contributed by atoms with Crippen LogP contribution >= 0.6 is 0 Å². The summed E-state index contributed by atoms with van der Waals surface area (Å²) in [6, 6.07) is 9.19. The van der Waals surface area contributed by atoms with E-state index < -0.39 is 0 Å². The first-order chi connectivity index (χ1) is 12.5. The van der Waals surface area contributed by atoms with Gasteiger partial charge in [0.05, 0.1) is 13.5 Å². The Balaban J connectivity index is 1.46. The number of likely N-dealkylation sites (tertiary alicyclic amines) is 1. The van der Waals surface area contributed by atoms with Crippen molar-refractivity contribution in [2.45, 2.75) is 32.2 Å². The van der Waals surface area contributed by atoms with Gasteiger partial charge in [-0.15, -0.1) is 0 Å². The normalized spacial score (nSPS) is 14.9. The van der Waals surface area contributed by atoms with E-state index in [1.165, 1.54) is 0 Å². The predicted octanol–water partition coefficient (Wildman–Crippen LogP) is 1.96. The molecule has 2 heterocycles. The minimum atomic E-state index is -0.232. The third kappa shape index (κ3) is 4.41. The van der Waals surface area contributed by atoms with Crippen molar-refractivity contribution in [1.82, 2.24) is 15.4 Å². The van der Waals surface area contributed by atoms with Crippen molar-refractivity contribution >= 4 is 11.8 Å². The highest BCUT2D eigenvalue weighted by molar-refractivity contribution is 5.92. The first-order valence-corrected chi connectivity index (χ1v) is 8.70. The number of nitrogens with one attached hydrogen (secondary N) is 1. The quantitative estimate of drug-likeness (QED) is 0.884. The van der Waals surface area contributed by atoms with Gasteiger partial charge in [-0.05, 0) is 37.5 Å². The molecule has 26 heavy (non-hydrogen) atoms. The molecule has 0 spiro atoms. The van der Waals surface area contributed by atoms with E-state index in [2.05, 4.69) is 10.5 Å². The molecule has 0 bridgehead atoms. The van der Waals surface area contributed by atoms with Gasteiger partial charge in [-0.1, -0.05) is 17.3 Å². The number of hydrogen-bond acceptors (Lipinski definition) is 5. The maximum Gasteiger partial charge on any atom is 0.273 e. The van der Waals surface area contributed by atoms with E-state index in [1.807, 2.05) is 29.2 Å². The van der Waals surface area contributed by atoms with Crippen LogP contribution in [0.5, 0.6) is 5.75 Å². The standard InChI is InChI=1S/C19H23N3O4/c1-13-11-17(21-26-13)19(24)20-15-7-9-22(10-8-15)18(23)12-14-3-5-16(25-2)6-4-14/h3-6,11,15H,7-10,12H2,1-2H3,(H,20,24). The second kappa shape index (κ2) is 8.03. The number of hydrogen-bond donors (Lipinski definition) is 1. The molecule has 0 radical (unpaired) electrons. The molecular weight excluding hydrogens is 334 g/mol. The predicted molar refractivity (Wildman–Crippen MR) is 95.0 cm³/mol. The molecule has 1 aliphatic heterocycles. The molecular formula is C19H23N3O4. The third-order valence-electron chi connectivity index (χ3n) is 4.56. The molecule has 0 unspecified atom stereocenters. The zero-order valence-corrected chi connectivity index (χ0v) is 15.0. The first kappa shape index (κ1) is 18.0. The highest BCUT2D eigenvalue weighted by Crippen LogP contribution is 2.15. The van der Waals surface area contributed by atoms with Crippen LogP contribution in [0.15, 0.2) is 34.9 Å². The zero-order valence-electron chi connectivity index (χ0n) is 15.0. The summed E-state index contributed by atoms with van der Waals surface area (Å²) in [7, 11) is 1.62. The number of benzene rings is 1. The number of rotatable bonds is 5. The van der Waals surface area contributed by atoms with Crippen LogP contribution in [-0.2, 0) is 11.2 Å². The fraction of sp³-hybridized carbons (Fsp3) is 0.421. The zero-order chi connectivity index (χ0) is 18.5. The summed E-state index contributed by atoms with van der Waals surface area (Å²) in [5.41, 5.74) is 1.26. The van der Waals surface area contributed by atoms with Crippen LogP contribution in [0, 0.1) is 6.92 Å².